The zero-order chi connectivity index (χ0) is 26.5. The third-order valence-electron chi connectivity index (χ3n) is 8.85. The molecule has 0 bridgehead atoms. The van der Waals surface area contributed by atoms with Crippen molar-refractivity contribution in [3.05, 3.63) is 61.7 Å². The number of halogens is 1. The molecule has 1 aliphatic carbocycles. The van der Waals surface area contributed by atoms with E-state index in [2.05, 4.69) is 10.6 Å². The number of carbonyl (C=O) groups is 2. The molecule has 3 aromatic rings. The Labute approximate surface area is 217 Å². The summed E-state index contributed by atoms with van der Waals surface area (Å²) < 4.78 is 21.7. The molecule has 2 aromatic heterocycles. The number of nitrogens with one attached hydrogen (secondary N) is 2. The van der Waals surface area contributed by atoms with Crippen LogP contribution in [0.2, 0.25) is 0 Å². The van der Waals surface area contributed by atoms with Gasteiger partial charge in [0.05, 0.1) is 41.0 Å². The highest BCUT2D eigenvalue weighted by atomic mass is 19.1. The summed E-state index contributed by atoms with van der Waals surface area (Å²) in [6.45, 7) is 4.70. The van der Waals surface area contributed by atoms with E-state index in [9.17, 15) is 23.9 Å². The van der Waals surface area contributed by atoms with Crippen LogP contribution in [-0.4, -0.2) is 39.6 Å². The lowest BCUT2D eigenvalue weighted by atomic mass is 9.81. The van der Waals surface area contributed by atoms with E-state index in [4.69, 9.17) is 9.72 Å². The third-order valence-corrected chi connectivity index (χ3v) is 8.85. The molecule has 0 spiro atoms. The number of hydrogen-bond acceptors (Lipinski definition) is 7. The molecule has 1 unspecified atom stereocenters. The van der Waals surface area contributed by atoms with Crippen LogP contribution in [0.25, 0.3) is 22.3 Å². The fourth-order valence-electron chi connectivity index (χ4n) is 6.46. The third kappa shape index (κ3) is 2.98. The zero-order valence-corrected chi connectivity index (χ0v) is 21.1. The molecule has 5 heterocycles. The molecule has 10 heteroatoms. The van der Waals surface area contributed by atoms with Crippen molar-refractivity contribution in [2.45, 2.75) is 57.9 Å². The highest BCUT2D eigenvalue weighted by Gasteiger charge is 2.46. The van der Waals surface area contributed by atoms with Gasteiger partial charge in [0.1, 0.15) is 12.4 Å². The molecule has 2 atom stereocenters. The molecule has 3 N–H and O–H groups in total. The Bertz CT molecular complexity index is 1660. The van der Waals surface area contributed by atoms with Crippen LogP contribution in [0.5, 0.6) is 0 Å². The zero-order valence-electron chi connectivity index (χ0n) is 21.1. The van der Waals surface area contributed by atoms with Crippen molar-refractivity contribution < 1.29 is 23.8 Å². The maximum absolute atomic E-state index is 15.0. The summed E-state index contributed by atoms with van der Waals surface area (Å²) in [7, 11) is 0. The number of cyclic esters (lactones) is 1. The monoisotopic (exact) mass is 518 g/mol. The first-order valence-electron chi connectivity index (χ1n) is 13.1. The summed E-state index contributed by atoms with van der Waals surface area (Å²) in [6.07, 6.45) is 1.25. The Morgan fingerprint density at radius 3 is 2.79 bits per heavy atom. The van der Waals surface area contributed by atoms with E-state index in [1.807, 2.05) is 0 Å². The van der Waals surface area contributed by atoms with E-state index >= 15 is 0 Å². The Morgan fingerprint density at radius 1 is 1.29 bits per heavy atom. The fourth-order valence-corrected chi connectivity index (χ4v) is 6.46. The van der Waals surface area contributed by atoms with Crippen molar-refractivity contribution >= 4 is 22.8 Å². The first-order valence-corrected chi connectivity index (χ1v) is 13.1. The SMILES string of the molecule is CCC1(O)C(=O)OCc2c1cc1n(c2=O)Cc2c-1nc1cc(F)c(C)c3c1c2[C@H](NC(=O)C1CNC1)CC3. The van der Waals surface area contributed by atoms with Gasteiger partial charge < -0.3 is 25.0 Å². The van der Waals surface area contributed by atoms with Gasteiger partial charge in [-0.25, -0.2) is 14.2 Å². The van der Waals surface area contributed by atoms with E-state index in [-0.39, 0.29) is 59.9 Å². The highest BCUT2D eigenvalue weighted by Crippen LogP contribution is 2.46. The molecule has 1 aromatic carbocycles. The van der Waals surface area contributed by atoms with E-state index in [1.54, 1.807) is 24.5 Å². The molecule has 196 valence electrons. The Hall–Kier alpha value is -3.63. The minimum Gasteiger partial charge on any atom is -0.458 e. The molecule has 1 saturated heterocycles. The predicted octanol–water partition coefficient (Wildman–Crippen LogP) is 1.85. The van der Waals surface area contributed by atoms with Gasteiger partial charge in [-0.1, -0.05) is 6.92 Å². The van der Waals surface area contributed by atoms with Gasteiger partial charge in [-0.05, 0) is 48.9 Å². The predicted molar refractivity (Wildman–Crippen MR) is 135 cm³/mol. The molecular formula is C28H27FN4O5. The molecule has 1 amide bonds. The number of benzene rings is 1. The van der Waals surface area contributed by atoms with E-state index in [0.29, 0.717) is 48.4 Å². The minimum absolute atomic E-state index is 0.0263. The lowest BCUT2D eigenvalue weighted by Crippen LogP contribution is -2.51. The smallest absolute Gasteiger partial charge is 0.343 e. The van der Waals surface area contributed by atoms with Crippen LogP contribution in [0.4, 0.5) is 4.39 Å². The van der Waals surface area contributed by atoms with Gasteiger partial charge in [0, 0.05) is 35.7 Å². The van der Waals surface area contributed by atoms with Gasteiger partial charge in [0.2, 0.25) is 5.91 Å². The first kappa shape index (κ1) is 23.5. The molecular weight excluding hydrogens is 491 g/mol. The van der Waals surface area contributed by atoms with Crippen molar-refractivity contribution in [1.29, 1.82) is 0 Å². The maximum atomic E-state index is 15.0. The first-order chi connectivity index (χ1) is 18.2. The number of carbonyl (C=O) groups excluding carboxylic acids is 2. The summed E-state index contributed by atoms with van der Waals surface area (Å²) in [6, 6.07) is 2.76. The van der Waals surface area contributed by atoms with Crippen LogP contribution < -0.4 is 16.2 Å². The van der Waals surface area contributed by atoms with Crippen LogP contribution in [-0.2, 0) is 39.5 Å². The summed E-state index contributed by atoms with van der Waals surface area (Å²) in [5.74, 6) is -1.25. The van der Waals surface area contributed by atoms with Crippen LogP contribution in [0, 0.1) is 18.7 Å². The summed E-state index contributed by atoms with van der Waals surface area (Å²) in [5.41, 5.74) is 2.74. The Balaban J connectivity index is 1.48. The van der Waals surface area contributed by atoms with Gasteiger partial charge >= 0.3 is 5.97 Å². The number of pyridine rings is 2. The van der Waals surface area contributed by atoms with Crippen molar-refractivity contribution in [2.24, 2.45) is 5.92 Å². The average molecular weight is 519 g/mol. The number of hydrogen-bond donors (Lipinski definition) is 3. The van der Waals surface area contributed by atoms with Crippen molar-refractivity contribution in [1.82, 2.24) is 20.2 Å². The second-order valence-corrected chi connectivity index (χ2v) is 10.8. The quantitative estimate of drug-likeness (QED) is 0.354. The normalized spacial score (nSPS) is 23.4. The maximum Gasteiger partial charge on any atom is 0.343 e. The second kappa shape index (κ2) is 7.94. The lowest BCUT2D eigenvalue weighted by molar-refractivity contribution is -0.172. The lowest BCUT2D eigenvalue weighted by Gasteiger charge is -2.33. The molecule has 4 aliphatic rings. The molecule has 0 saturated carbocycles. The molecule has 38 heavy (non-hydrogen) atoms. The van der Waals surface area contributed by atoms with Crippen LogP contribution in [0.1, 0.15) is 59.2 Å². The standard InChI is InChI=1S/C28H27FN4O5/c1-3-28(37)17-6-21-24-15(10-33(21)26(35)16(17)11-38-27(28)36)23-19(32-25(34)13-8-30-9-13)5-4-14-12(2)18(29)7-20(31-24)22(14)23/h6-7,13,19,30,37H,3-5,8-11H2,1-2H3,(H,32,34)/t19-,28?/m1/s1. The van der Waals surface area contributed by atoms with E-state index in [0.717, 1.165) is 22.1 Å². The largest absolute Gasteiger partial charge is 0.458 e. The number of aryl methyl sites for hydroxylation is 1. The number of aromatic nitrogens is 2. The fraction of sp³-hybridized carbons (Fsp3) is 0.429. The Morgan fingerprint density at radius 2 is 2.08 bits per heavy atom. The van der Waals surface area contributed by atoms with Crippen molar-refractivity contribution in [3.63, 3.8) is 0 Å². The summed E-state index contributed by atoms with van der Waals surface area (Å²) in [5, 5.41) is 18.3. The molecule has 0 radical (unpaired) electrons. The number of nitrogens with zero attached hydrogens (tertiary/aromatic N) is 2. The second-order valence-electron chi connectivity index (χ2n) is 10.8. The molecule has 3 aliphatic heterocycles. The minimum atomic E-state index is -1.93. The highest BCUT2D eigenvalue weighted by molar-refractivity contribution is 5.94. The number of esters is 1. The van der Waals surface area contributed by atoms with Crippen LogP contribution in [0.3, 0.4) is 0 Å². The number of fused-ring (bicyclic) bond motifs is 5. The molecule has 1 fully saturated rings. The van der Waals surface area contributed by atoms with Crippen LogP contribution >= 0.6 is 0 Å². The Kier molecular flexibility index (Phi) is 4.91. The molecule has 9 nitrogen and oxygen atoms in total. The number of rotatable bonds is 3. The number of aliphatic hydroxyl groups is 1. The van der Waals surface area contributed by atoms with Gasteiger partial charge in [-0.2, -0.15) is 0 Å². The molecule has 7 rings (SSSR count). The average Bonchev–Trinajstić information content (AvgIpc) is 3.23. The summed E-state index contributed by atoms with van der Waals surface area (Å²) in [4.78, 5) is 44.0. The van der Waals surface area contributed by atoms with E-state index in [1.165, 1.54) is 6.07 Å². The van der Waals surface area contributed by atoms with Gasteiger partial charge in [0.25, 0.3) is 5.56 Å². The number of amides is 1. The van der Waals surface area contributed by atoms with Crippen LogP contribution in [0.15, 0.2) is 16.9 Å². The number of ether oxygens (including phenoxy) is 1. The van der Waals surface area contributed by atoms with Gasteiger partial charge in [-0.15, -0.1) is 0 Å². The van der Waals surface area contributed by atoms with Crippen molar-refractivity contribution in [2.75, 3.05) is 13.1 Å². The van der Waals surface area contributed by atoms with Gasteiger partial charge in [0.15, 0.2) is 5.60 Å². The summed E-state index contributed by atoms with van der Waals surface area (Å²) >= 11 is 0. The topological polar surface area (TPSA) is 123 Å². The van der Waals surface area contributed by atoms with E-state index < -0.39 is 11.6 Å². The van der Waals surface area contributed by atoms with Crippen molar-refractivity contribution in [3.8, 4) is 11.4 Å². The van der Waals surface area contributed by atoms with Gasteiger partial charge in [-0.3, -0.25) is 9.59 Å².